The normalized spacial score (nSPS) is 12.0. The first-order chi connectivity index (χ1) is 12.6. The van der Waals surface area contributed by atoms with E-state index in [1.807, 2.05) is 48.1 Å². The van der Waals surface area contributed by atoms with E-state index in [4.69, 9.17) is 14.3 Å². The maximum atomic E-state index is 5.83. The zero-order valence-electron chi connectivity index (χ0n) is 15.3. The van der Waals surface area contributed by atoms with Crippen LogP contribution in [0.15, 0.2) is 59.1 Å². The van der Waals surface area contributed by atoms with E-state index in [-0.39, 0.29) is 6.10 Å². The van der Waals surface area contributed by atoms with Crippen molar-refractivity contribution < 1.29 is 14.3 Å². The van der Waals surface area contributed by atoms with Crippen LogP contribution in [0.4, 0.5) is 0 Å². The fraction of sp³-hybridized carbons (Fsp3) is 0.238. The van der Waals surface area contributed by atoms with Gasteiger partial charge < -0.3 is 14.3 Å². The van der Waals surface area contributed by atoms with Gasteiger partial charge in [-0.3, -0.25) is 0 Å². The first-order valence-electron chi connectivity index (χ1n) is 8.28. The van der Waals surface area contributed by atoms with Crippen LogP contribution in [0.1, 0.15) is 22.9 Å². The predicted molar refractivity (Wildman–Crippen MR) is 107 cm³/mol. The molecule has 0 aliphatic heterocycles. The van der Waals surface area contributed by atoms with Crippen LogP contribution in [0.25, 0.3) is 11.3 Å². The Hall–Kier alpha value is -2.24. The average Bonchev–Trinajstić information content (AvgIpc) is 3.00. The standard InChI is InChI=1S/C21H22BrNO3/c1-14-19(21(25-3)16-7-11-18(24-2)12-8-16)13-20(23(14)26-4)15-5-9-17(22)10-6-15/h5-13,21H,1-4H3. The van der Waals surface area contributed by atoms with Crippen molar-refractivity contribution in [3.63, 3.8) is 0 Å². The molecule has 3 aromatic rings. The summed E-state index contributed by atoms with van der Waals surface area (Å²) >= 11 is 3.48. The van der Waals surface area contributed by atoms with Gasteiger partial charge in [-0.1, -0.05) is 40.2 Å². The van der Waals surface area contributed by atoms with Gasteiger partial charge in [0.25, 0.3) is 0 Å². The molecule has 136 valence electrons. The molecule has 0 aliphatic carbocycles. The van der Waals surface area contributed by atoms with Crippen molar-refractivity contribution >= 4 is 15.9 Å². The second-order valence-electron chi connectivity index (χ2n) is 5.94. The molecule has 1 heterocycles. The fourth-order valence-corrected chi connectivity index (χ4v) is 3.42. The lowest BCUT2D eigenvalue weighted by molar-refractivity contribution is 0.131. The van der Waals surface area contributed by atoms with E-state index in [9.17, 15) is 0 Å². The summed E-state index contributed by atoms with van der Waals surface area (Å²) in [6, 6.07) is 18.2. The third-order valence-corrected chi connectivity index (χ3v) is 5.02. The van der Waals surface area contributed by atoms with Crippen LogP contribution in [0.5, 0.6) is 5.75 Å². The molecular formula is C21H22BrNO3. The minimum absolute atomic E-state index is 0.188. The second kappa shape index (κ2) is 7.98. The van der Waals surface area contributed by atoms with Crippen molar-refractivity contribution in [1.29, 1.82) is 0 Å². The van der Waals surface area contributed by atoms with Gasteiger partial charge in [-0.25, -0.2) is 0 Å². The van der Waals surface area contributed by atoms with E-state index in [2.05, 4.69) is 34.1 Å². The summed E-state index contributed by atoms with van der Waals surface area (Å²) in [4.78, 5) is 5.64. The van der Waals surface area contributed by atoms with Gasteiger partial charge in [0.1, 0.15) is 19.0 Å². The molecule has 0 saturated heterocycles. The van der Waals surface area contributed by atoms with Crippen molar-refractivity contribution in [2.45, 2.75) is 13.0 Å². The molecule has 5 heteroatoms. The Morgan fingerprint density at radius 3 is 2.12 bits per heavy atom. The lowest BCUT2D eigenvalue weighted by Crippen LogP contribution is -2.11. The molecule has 0 amide bonds. The molecule has 0 bridgehead atoms. The van der Waals surface area contributed by atoms with Crippen molar-refractivity contribution in [2.75, 3.05) is 21.3 Å². The molecule has 26 heavy (non-hydrogen) atoms. The number of rotatable bonds is 6. The highest BCUT2D eigenvalue weighted by Gasteiger charge is 2.22. The molecule has 1 unspecified atom stereocenters. The van der Waals surface area contributed by atoms with Gasteiger partial charge in [0.2, 0.25) is 0 Å². The Morgan fingerprint density at radius 2 is 1.58 bits per heavy atom. The van der Waals surface area contributed by atoms with Gasteiger partial charge in [0.05, 0.1) is 18.5 Å². The van der Waals surface area contributed by atoms with Crippen LogP contribution < -0.4 is 9.57 Å². The summed E-state index contributed by atoms with van der Waals surface area (Å²) in [6.07, 6.45) is -0.188. The quantitative estimate of drug-likeness (QED) is 0.565. The van der Waals surface area contributed by atoms with Gasteiger partial charge in [-0.05, 0) is 42.8 Å². The Bertz CT molecular complexity index is 870. The highest BCUT2D eigenvalue weighted by molar-refractivity contribution is 9.10. The fourth-order valence-electron chi connectivity index (χ4n) is 3.15. The number of benzene rings is 2. The SMILES string of the molecule is COc1ccc(C(OC)c2cc(-c3ccc(Br)cc3)n(OC)c2C)cc1. The van der Waals surface area contributed by atoms with E-state index < -0.39 is 0 Å². The molecule has 0 fully saturated rings. The Morgan fingerprint density at radius 1 is 0.923 bits per heavy atom. The van der Waals surface area contributed by atoms with Crippen LogP contribution in [-0.4, -0.2) is 26.1 Å². The minimum Gasteiger partial charge on any atom is -0.497 e. The Kier molecular flexibility index (Phi) is 5.69. The summed E-state index contributed by atoms with van der Waals surface area (Å²) in [5, 5.41) is 0. The molecule has 2 aromatic carbocycles. The third-order valence-electron chi connectivity index (χ3n) is 4.49. The van der Waals surface area contributed by atoms with Crippen LogP contribution in [0.2, 0.25) is 0 Å². The van der Waals surface area contributed by atoms with Crippen LogP contribution in [0.3, 0.4) is 0 Å². The van der Waals surface area contributed by atoms with Gasteiger partial charge in [0, 0.05) is 22.7 Å². The maximum absolute atomic E-state index is 5.83. The second-order valence-corrected chi connectivity index (χ2v) is 6.86. The number of halogens is 1. The molecule has 0 saturated carbocycles. The van der Waals surface area contributed by atoms with Crippen molar-refractivity contribution in [2.24, 2.45) is 0 Å². The van der Waals surface area contributed by atoms with Crippen LogP contribution in [-0.2, 0) is 4.74 Å². The number of methoxy groups -OCH3 is 2. The molecular weight excluding hydrogens is 394 g/mol. The Labute approximate surface area is 162 Å². The zero-order chi connectivity index (χ0) is 18.7. The van der Waals surface area contributed by atoms with E-state index in [1.54, 1.807) is 21.3 Å². The van der Waals surface area contributed by atoms with E-state index >= 15 is 0 Å². The van der Waals surface area contributed by atoms with Gasteiger partial charge >= 0.3 is 0 Å². The van der Waals surface area contributed by atoms with Crippen LogP contribution >= 0.6 is 15.9 Å². The molecule has 0 N–H and O–H groups in total. The topological polar surface area (TPSA) is 32.6 Å². The number of nitrogens with zero attached hydrogens (tertiary/aromatic N) is 1. The molecule has 0 radical (unpaired) electrons. The predicted octanol–water partition coefficient (Wildman–Crippen LogP) is 5.03. The van der Waals surface area contributed by atoms with Crippen molar-refractivity contribution in [3.8, 4) is 17.0 Å². The smallest absolute Gasteiger partial charge is 0.118 e. The van der Waals surface area contributed by atoms with Gasteiger partial charge in [-0.15, -0.1) is 0 Å². The number of hydrogen-bond donors (Lipinski definition) is 0. The summed E-state index contributed by atoms with van der Waals surface area (Å²) < 4.78 is 14.0. The highest BCUT2D eigenvalue weighted by Crippen LogP contribution is 2.34. The van der Waals surface area contributed by atoms with E-state index in [1.165, 1.54) is 0 Å². The highest BCUT2D eigenvalue weighted by atomic mass is 79.9. The molecule has 0 aliphatic rings. The lowest BCUT2D eigenvalue weighted by Gasteiger charge is -2.17. The zero-order valence-corrected chi connectivity index (χ0v) is 16.9. The first-order valence-corrected chi connectivity index (χ1v) is 9.07. The summed E-state index contributed by atoms with van der Waals surface area (Å²) in [5.41, 5.74) is 5.20. The lowest BCUT2D eigenvalue weighted by atomic mass is 10.0. The van der Waals surface area contributed by atoms with E-state index in [0.717, 1.165) is 38.3 Å². The largest absolute Gasteiger partial charge is 0.497 e. The summed E-state index contributed by atoms with van der Waals surface area (Å²) in [6.45, 7) is 2.04. The van der Waals surface area contributed by atoms with E-state index in [0.29, 0.717) is 0 Å². The number of hydrogen-bond acceptors (Lipinski definition) is 3. The third kappa shape index (κ3) is 3.50. The summed E-state index contributed by atoms with van der Waals surface area (Å²) in [7, 11) is 5.06. The molecule has 0 spiro atoms. The maximum Gasteiger partial charge on any atom is 0.118 e. The monoisotopic (exact) mass is 415 g/mol. The molecule has 1 aromatic heterocycles. The van der Waals surface area contributed by atoms with Crippen molar-refractivity contribution in [1.82, 2.24) is 4.73 Å². The molecule has 4 nitrogen and oxygen atoms in total. The molecule has 3 rings (SSSR count). The number of ether oxygens (including phenoxy) is 2. The number of aromatic nitrogens is 1. The first kappa shape index (κ1) is 18.5. The minimum atomic E-state index is -0.188. The van der Waals surface area contributed by atoms with Gasteiger partial charge in [-0.2, -0.15) is 4.73 Å². The van der Waals surface area contributed by atoms with Gasteiger partial charge in [0.15, 0.2) is 0 Å². The van der Waals surface area contributed by atoms with Crippen LogP contribution in [0, 0.1) is 6.92 Å². The summed E-state index contributed by atoms with van der Waals surface area (Å²) in [5.74, 6) is 0.824. The average molecular weight is 416 g/mol. The Balaban J connectivity index is 2.06. The van der Waals surface area contributed by atoms with Crippen molar-refractivity contribution in [3.05, 3.63) is 75.9 Å². The molecule has 1 atom stereocenters.